The summed E-state index contributed by atoms with van der Waals surface area (Å²) in [7, 11) is 0. The molecule has 0 amide bonds. The van der Waals surface area contributed by atoms with Gasteiger partial charge in [-0.3, -0.25) is 0 Å². The van der Waals surface area contributed by atoms with E-state index >= 15 is 0 Å². The van der Waals surface area contributed by atoms with E-state index in [0.717, 1.165) is 22.6 Å². The summed E-state index contributed by atoms with van der Waals surface area (Å²) in [6.45, 7) is 6.51. The van der Waals surface area contributed by atoms with Gasteiger partial charge in [0.05, 0.1) is 18.3 Å². The van der Waals surface area contributed by atoms with Crippen LogP contribution < -0.4 is 10.1 Å². The molecule has 112 valence electrons. The number of ether oxygens (including phenoxy) is 1. The number of aromatic hydroxyl groups is 1. The quantitative estimate of drug-likeness (QED) is 0.823. The molecule has 21 heavy (non-hydrogen) atoms. The smallest absolute Gasteiger partial charge is 0.142 e. The van der Waals surface area contributed by atoms with Crippen LogP contribution in [-0.2, 0) is 0 Å². The molecule has 2 aromatic rings. The van der Waals surface area contributed by atoms with Crippen molar-refractivity contribution in [2.75, 3.05) is 11.9 Å². The van der Waals surface area contributed by atoms with Gasteiger partial charge in [0.1, 0.15) is 11.5 Å². The molecular weight excluding hydrogens is 286 g/mol. The van der Waals surface area contributed by atoms with Crippen LogP contribution in [0.25, 0.3) is 0 Å². The number of phenolic OH excluding ortho intramolecular Hbond substituents is 1. The van der Waals surface area contributed by atoms with Crippen molar-refractivity contribution in [2.45, 2.75) is 26.8 Å². The second-order valence-corrected chi connectivity index (χ2v) is 5.44. The lowest BCUT2D eigenvalue weighted by molar-refractivity contribution is 0.341. The lowest BCUT2D eigenvalue weighted by Gasteiger charge is -2.20. The molecule has 0 bridgehead atoms. The molecule has 4 heteroatoms. The zero-order valence-electron chi connectivity index (χ0n) is 12.5. The van der Waals surface area contributed by atoms with Gasteiger partial charge in [-0.25, -0.2) is 0 Å². The van der Waals surface area contributed by atoms with Crippen LogP contribution in [0, 0.1) is 6.92 Å². The van der Waals surface area contributed by atoms with E-state index in [1.54, 1.807) is 12.1 Å². The van der Waals surface area contributed by atoms with E-state index in [1.165, 1.54) is 0 Å². The molecule has 0 aliphatic heterocycles. The molecule has 3 nitrogen and oxygen atoms in total. The number of aryl methyl sites for hydroxylation is 1. The molecule has 1 unspecified atom stereocenters. The molecule has 0 aliphatic rings. The van der Waals surface area contributed by atoms with Crippen molar-refractivity contribution in [1.29, 1.82) is 0 Å². The number of phenols is 1. The fourth-order valence-electron chi connectivity index (χ4n) is 2.23. The molecule has 0 radical (unpaired) electrons. The molecule has 0 aliphatic carbocycles. The fraction of sp³-hybridized carbons (Fsp3) is 0.294. The highest BCUT2D eigenvalue weighted by Crippen LogP contribution is 2.33. The van der Waals surface area contributed by atoms with E-state index in [4.69, 9.17) is 16.3 Å². The van der Waals surface area contributed by atoms with Crippen LogP contribution in [0.3, 0.4) is 0 Å². The first kappa shape index (κ1) is 15.5. The van der Waals surface area contributed by atoms with Gasteiger partial charge < -0.3 is 15.2 Å². The number of hydrogen-bond acceptors (Lipinski definition) is 3. The Labute approximate surface area is 130 Å². The standard InChI is InChI=1S/C17H20ClNO2/c1-4-21-17-8-6-13(18)10-15(17)19-12(3)14-9-11(2)5-7-16(14)20/h5-10,12,19-20H,4H2,1-3H3. The van der Waals surface area contributed by atoms with Crippen LogP contribution in [0.1, 0.15) is 31.0 Å². The van der Waals surface area contributed by atoms with Crippen LogP contribution in [0.2, 0.25) is 5.02 Å². The summed E-state index contributed by atoms with van der Waals surface area (Å²) in [5.74, 6) is 1.03. The van der Waals surface area contributed by atoms with Crippen molar-refractivity contribution in [2.24, 2.45) is 0 Å². The highest BCUT2D eigenvalue weighted by atomic mass is 35.5. The van der Waals surface area contributed by atoms with Crippen LogP contribution >= 0.6 is 11.6 Å². The summed E-state index contributed by atoms with van der Waals surface area (Å²) in [6.07, 6.45) is 0. The number of halogens is 1. The molecule has 0 spiro atoms. The number of benzene rings is 2. The van der Waals surface area contributed by atoms with Gasteiger partial charge in [0.2, 0.25) is 0 Å². The Hall–Kier alpha value is -1.87. The highest BCUT2D eigenvalue weighted by Gasteiger charge is 2.13. The van der Waals surface area contributed by atoms with Gasteiger partial charge in [0.15, 0.2) is 0 Å². The maximum atomic E-state index is 10.0. The second-order valence-electron chi connectivity index (χ2n) is 5.00. The van der Waals surface area contributed by atoms with Crippen molar-refractivity contribution < 1.29 is 9.84 Å². The van der Waals surface area contributed by atoms with Crippen LogP contribution in [0.15, 0.2) is 36.4 Å². The summed E-state index contributed by atoms with van der Waals surface area (Å²) < 4.78 is 5.60. The van der Waals surface area contributed by atoms with E-state index in [1.807, 2.05) is 45.0 Å². The maximum Gasteiger partial charge on any atom is 0.142 e. The van der Waals surface area contributed by atoms with E-state index in [9.17, 15) is 5.11 Å². The van der Waals surface area contributed by atoms with Gasteiger partial charge in [-0.1, -0.05) is 29.3 Å². The molecule has 2 rings (SSSR count). The lowest BCUT2D eigenvalue weighted by Crippen LogP contribution is -2.08. The summed E-state index contributed by atoms with van der Waals surface area (Å²) >= 11 is 6.06. The van der Waals surface area contributed by atoms with Crippen LogP contribution in [-0.4, -0.2) is 11.7 Å². The van der Waals surface area contributed by atoms with E-state index in [2.05, 4.69) is 5.32 Å². The molecule has 1 atom stereocenters. The van der Waals surface area contributed by atoms with Gasteiger partial charge in [0.25, 0.3) is 0 Å². The van der Waals surface area contributed by atoms with Crippen molar-refractivity contribution >= 4 is 17.3 Å². The molecule has 0 fully saturated rings. The first-order valence-electron chi connectivity index (χ1n) is 6.99. The third-order valence-corrected chi connectivity index (χ3v) is 3.50. The minimum absolute atomic E-state index is 0.0671. The molecule has 0 heterocycles. The SMILES string of the molecule is CCOc1ccc(Cl)cc1NC(C)c1cc(C)ccc1O. The topological polar surface area (TPSA) is 41.5 Å². The Bertz CT molecular complexity index is 628. The van der Waals surface area contributed by atoms with Crippen LogP contribution in [0.4, 0.5) is 5.69 Å². The number of rotatable bonds is 5. The van der Waals surface area contributed by atoms with Gasteiger partial charge in [0, 0.05) is 10.6 Å². The van der Waals surface area contributed by atoms with Gasteiger partial charge >= 0.3 is 0 Å². The third-order valence-electron chi connectivity index (χ3n) is 3.26. The first-order valence-corrected chi connectivity index (χ1v) is 7.37. The predicted octanol–water partition coefficient (Wildman–Crippen LogP) is 4.93. The van der Waals surface area contributed by atoms with E-state index < -0.39 is 0 Å². The fourth-order valence-corrected chi connectivity index (χ4v) is 2.40. The first-order chi connectivity index (χ1) is 10.0. The average molecular weight is 306 g/mol. The van der Waals surface area contributed by atoms with Crippen molar-refractivity contribution in [1.82, 2.24) is 0 Å². The number of anilines is 1. The number of hydrogen-bond donors (Lipinski definition) is 2. The monoisotopic (exact) mass is 305 g/mol. The van der Waals surface area contributed by atoms with E-state index in [0.29, 0.717) is 11.6 Å². The summed E-state index contributed by atoms with van der Waals surface area (Å²) in [5.41, 5.74) is 2.77. The van der Waals surface area contributed by atoms with Gasteiger partial charge in [-0.05, 0) is 45.0 Å². The van der Waals surface area contributed by atoms with Crippen molar-refractivity contribution in [3.63, 3.8) is 0 Å². The molecule has 0 aromatic heterocycles. The Balaban J connectivity index is 2.28. The molecular formula is C17H20ClNO2. The molecule has 2 N–H and O–H groups in total. The number of nitrogens with one attached hydrogen (secondary N) is 1. The molecule has 2 aromatic carbocycles. The third kappa shape index (κ3) is 3.82. The Morgan fingerprint density at radius 3 is 2.71 bits per heavy atom. The van der Waals surface area contributed by atoms with Crippen molar-refractivity contribution in [3.05, 3.63) is 52.5 Å². The van der Waals surface area contributed by atoms with Crippen LogP contribution in [0.5, 0.6) is 11.5 Å². The zero-order valence-corrected chi connectivity index (χ0v) is 13.2. The van der Waals surface area contributed by atoms with Gasteiger partial charge in [-0.15, -0.1) is 0 Å². The minimum atomic E-state index is -0.0671. The average Bonchev–Trinajstić information content (AvgIpc) is 2.44. The normalized spacial score (nSPS) is 12.0. The second kappa shape index (κ2) is 6.72. The Kier molecular flexibility index (Phi) is 4.97. The largest absolute Gasteiger partial charge is 0.508 e. The Morgan fingerprint density at radius 2 is 2.00 bits per heavy atom. The van der Waals surface area contributed by atoms with Crippen molar-refractivity contribution in [3.8, 4) is 11.5 Å². The summed E-state index contributed by atoms with van der Waals surface area (Å²) in [4.78, 5) is 0. The lowest BCUT2D eigenvalue weighted by atomic mass is 10.0. The highest BCUT2D eigenvalue weighted by molar-refractivity contribution is 6.30. The molecule has 0 saturated carbocycles. The molecule has 0 saturated heterocycles. The zero-order chi connectivity index (χ0) is 15.4. The predicted molar refractivity (Wildman–Crippen MR) is 87.5 cm³/mol. The Morgan fingerprint density at radius 1 is 1.24 bits per heavy atom. The maximum absolute atomic E-state index is 10.0. The minimum Gasteiger partial charge on any atom is -0.508 e. The van der Waals surface area contributed by atoms with E-state index in [-0.39, 0.29) is 11.8 Å². The van der Waals surface area contributed by atoms with Gasteiger partial charge in [-0.2, -0.15) is 0 Å². The summed E-state index contributed by atoms with van der Waals surface area (Å²) in [5, 5.41) is 14.0. The summed E-state index contributed by atoms with van der Waals surface area (Å²) in [6, 6.07) is 11.0.